The summed E-state index contributed by atoms with van der Waals surface area (Å²) in [6, 6.07) is -0.578. The Balaban J connectivity index is 2.87. The van der Waals surface area contributed by atoms with E-state index in [0.717, 1.165) is 0 Å². The summed E-state index contributed by atoms with van der Waals surface area (Å²) in [7, 11) is -3.86. The molecule has 0 spiro atoms. The number of carboxylic acid groups (broad SMARTS) is 1. The van der Waals surface area contributed by atoms with Crippen LogP contribution in [0.25, 0.3) is 0 Å². The SMILES string of the molecule is Cc1noc(C)c1C(C)NS(=O)(=O)CC(=O)O. The van der Waals surface area contributed by atoms with Crippen molar-refractivity contribution in [2.24, 2.45) is 0 Å². The number of carbonyl (C=O) groups is 1. The van der Waals surface area contributed by atoms with Crippen LogP contribution in [-0.4, -0.2) is 30.4 Å². The third-order valence-corrected chi connectivity index (χ3v) is 3.53. The Hall–Kier alpha value is -1.41. The number of hydrogen-bond acceptors (Lipinski definition) is 5. The van der Waals surface area contributed by atoms with Crippen LogP contribution in [-0.2, 0) is 14.8 Å². The lowest BCUT2D eigenvalue weighted by atomic mass is 10.1. The van der Waals surface area contributed by atoms with Crippen LogP contribution < -0.4 is 4.72 Å². The molecule has 0 saturated heterocycles. The molecule has 0 aliphatic heterocycles. The zero-order valence-corrected chi connectivity index (χ0v) is 10.5. The largest absolute Gasteiger partial charge is 0.480 e. The van der Waals surface area contributed by atoms with Crippen molar-refractivity contribution in [2.45, 2.75) is 26.8 Å². The highest BCUT2D eigenvalue weighted by Gasteiger charge is 2.23. The molecule has 1 rings (SSSR count). The molecule has 0 amide bonds. The first-order chi connectivity index (χ1) is 7.73. The molecule has 0 radical (unpaired) electrons. The number of aryl methyl sites for hydroxylation is 2. The highest BCUT2D eigenvalue weighted by atomic mass is 32.2. The second kappa shape index (κ2) is 4.84. The molecule has 1 atom stereocenters. The average molecular weight is 262 g/mol. The maximum Gasteiger partial charge on any atom is 0.320 e. The van der Waals surface area contributed by atoms with E-state index in [4.69, 9.17) is 9.63 Å². The van der Waals surface area contributed by atoms with E-state index in [2.05, 4.69) is 9.88 Å². The van der Waals surface area contributed by atoms with Gasteiger partial charge in [0.15, 0.2) is 5.75 Å². The second-order valence-corrected chi connectivity index (χ2v) is 5.48. The molecular weight excluding hydrogens is 248 g/mol. The summed E-state index contributed by atoms with van der Waals surface area (Å²) in [6.07, 6.45) is 0. The average Bonchev–Trinajstić information content (AvgIpc) is 2.42. The number of rotatable bonds is 5. The van der Waals surface area contributed by atoms with Crippen LogP contribution in [0.1, 0.15) is 30.0 Å². The van der Waals surface area contributed by atoms with Crippen LogP contribution >= 0.6 is 0 Å². The van der Waals surface area contributed by atoms with Gasteiger partial charge < -0.3 is 9.63 Å². The summed E-state index contributed by atoms with van der Waals surface area (Å²) >= 11 is 0. The topological polar surface area (TPSA) is 110 Å². The van der Waals surface area contributed by atoms with Gasteiger partial charge in [0.2, 0.25) is 10.0 Å². The zero-order chi connectivity index (χ0) is 13.2. The summed E-state index contributed by atoms with van der Waals surface area (Å²) in [5.74, 6) is -1.85. The molecule has 1 aromatic heterocycles. The van der Waals surface area contributed by atoms with Crippen LogP contribution in [0.3, 0.4) is 0 Å². The Morgan fingerprint density at radius 3 is 2.53 bits per heavy atom. The molecule has 0 aromatic carbocycles. The minimum absolute atomic E-state index is 0.507. The van der Waals surface area contributed by atoms with Crippen LogP contribution in [0.2, 0.25) is 0 Å². The Bertz CT molecular complexity index is 500. The molecule has 0 fully saturated rings. The van der Waals surface area contributed by atoms with Gasteiger partial charge in [0.25, 0.3) is 0 Å². The lowest BCUT2D eigenvalue weighted by molar-refractivity contribution is -0.134. The maximum absolute atomic E-state index is 11.4. The van der Waals surface area contributed by atoms with Gasteiger partial charge in [0, 0.05) is 11.6 Å². The van der Waals surface area contributed by atoms with Gasteiger partial charge in [-0.05, 0) is 20.8 Å². The van der Waals surface area contributed by atoms with Gasteiger partial charge in [-0.25, -0.2) is 13.1 Å². The van der Waals surface area contributed by atoms with E-state index in [9.17, 15) is 13.2 Å². The Labute approximate surface area is 98.9 Å². The number of aromatic nitrogens is 1. The monoisotopic (exact) mass is 262 g/mol. The van der Waals surface area contributed by atoms with Crippen molar-refractivity contribution in [3.63, 3.8) is 0 Å². The molecular formula is C9H14N2O5S. The van der Waals surface area contributed by atoms with Crippen LogP contribution in [0.5, 0.6) is 0 Å². The number of nitrogens with one attached hydrogen (secondary N) is 1. The van der Waals surface area contributed by atoms with Crippen LogP contribution in [0, 0.1) is 13.8 Å². The lowest BCUT2D eigenvalue weighted by Crippen LogP contribution is -2.32. The number of hydrogen-bond donors (Lipinski definition) is 2. The normalized spacial score (nSPS) is 13.6. The van der Waals surface area contributed by atoms with E-state index in [0.29, 0.717) is 17.0 Å². The highest BCUT2D eigenvalue weighted by molar-refractivity contribution is 7.90. The van der Waals surface area contributed by atoms with Gasteiger partial charge in [0.05, 0.1) is 5.69 Å². The van der Waals surface area contributed by atoms with Crippen molar-refractivity contribution < 1.29 is 22.8 Å². The third kappa shape index (κ3) is 3.53. The fourth-order valence-corrected chi connectivity index (χ4v) is 2.71. The molecule has 0 aliphatic rings. The first-order valence-corrected chi connectivity index (χ1v) is 6.52. The second-order valence-electron chi connectivity index (χ2n) is 3.73. The zero-order valence-electron chi connectivity index (χ0n) is 9.72. The van der Waals surface area contributed by atoms with Crippen molar-refractivity contribution >= 4 is 16.0 Å². The summed E-state index contributed by atoms with van der Waals surface area (Å²) in [4.78, 5) is 10.4. The standard InChI is InChI=1S/C9H14N2O5S/c1-5-9(7(3)16-10-5)6(2)11-17(14,15)4-8(12)13/h6,11H,4H2,1-3H3,(H,12,13). The predicted molar refractivity (Wildman–Crippen MR) is 59.0 cm³/mol. The van der Waals surface area contributed by atoms with Gasteiger partial charge in [-0.1, -0.05) is 5.16 Å². The van der Waals surface area contributed by atoms with E-state index in [1.807, 2.05) is 0 Å². The Kier molecular flexibility index (Phi) is 3.89. The Morgan fingerprint density at radius 1 is 1.53 bits per heavy atom. The van der Waals surface area contributed by atoms with Gasteiger partial charge in [-0.2, -0.15) is 0 Å². The minimum atomic E-state index is -3.86. The molecule has 0 bridgehead atoms. The fourth-order valence-electron chi connectivity index (χ4n) is 1.64. The van der Waals surface area contributed by atoms with Gasteiger partial charge in [0.1, 0.15) is 5.76 Å². The molecule has 1 aromatic rings. The van der Waals surface area contributed by atoms with E-state index in [-0.39, 0.29) is 0 Å². The fraction of sp³-hybridized carbons (Fsp3) is 0.556. The van der Waals surface area contributed by atoms with Crippen molar-refractivity contribution in [3.8, 4) is 0 Å². The van der Waals surface area contributed by atoms with Crippen molar-refractivity contribution in [2.75, 3.05) is 5.75 Å². The molecule has 0 aliphatic carbocycles. The number of nitrogens with zero attached hydrogens (tertiary/aromatic N) is 1. The first kappa shape index (κ1) is 13.7. The molecule has 96 valence electrons. The molecule has 8 heteroatoms. The Morgan fingerprint density at radius 2 is 2.12 bits per heavy atom. The van der Waals surface area contributed by atoms with E-state index >= 15 is 0 Å². The highest BCUT2D eigenvalue weighted by Crippen LogP contribution is 2.21. The predicted octanol–water partition coefficient (Wildman–Crippen LogP) is 0.356. The third-order valence-electron chi connectivity index (χ3n) is 2.19. The van der Waals surface area contributed by atoms with Crippen LogP contribution in [0.15, 0.2) is 4.52 Å². The molecule has 0 saturated carbocycles. The van der Waals surface area contributed by atoms with Gasteiger partial charge in [-0.15, -0.1) is 0 Å². The first-order valence-electron chi connectivity index (χ1n) is 4.87. The van der Waals surface area contributed by atoms with Crippen molar-refractivity contribution in [1.29, 1.82) is 0 Å². The summed E-state index contributed by atoms with van der Waals surface area (Å²) in [5.41, 5.74) is 1.20. The molecule has 2 N–H and O–H groups in total. The van der Waals surface area contributed by atoms with E-state index in [1.165, 1.54) is 0 Å². The molecule has 1 heterocycles. The number of carboxylic acids is 1. The summed E-state index contributed by atoms with van der Waals surface area (Å²) in [5, 5.41) is 12.2. The smallest absolute Gasteiger partial charge is 0.320 e. The summed E-state index contributed by atoms with van der Waals surface area (Å²) in [6.45, 7) is 4.96. The molecule has 7 nitrogen and oxygen atoms in total. The van der Waals surface area contributed by atoms with E-state index < -0.39 is 27.8 Å². The van der Waals surface area contributed by atoms with Crippen molar-refractivity contribution in [1.82, 2.24) is 9.88 Å². The van der Waals surface area contributed by atoms with Crippen LogP contribution in [0.4, 0.5) is 0 Å². The minimum Gasteiger partial charge on any atom is -0.480 e. The molecule has 1 unspecified atom stereocenters. The lowest BCUT2D eigenvalue weighted by Gasteiger charge is -2.12. The molecule has 17 heavy (non-hydrogen) atoms. The van der Waals surface area contributed by atoms with Gasteiger partial charge in [-0.3, -0.25) is 4.79 Å². The maximum atomic E-state index is 11.4. The van der Waals surface area contributed by atoms with Crippen molar-refractivity contribution in [3.05, 3.63) is 17.0 Å². The number of sulfonamides is 1. The summed E-state index contributed by atoms with van der Waals surface area (Å²) < 4.78 is 30.0. The number of aliphatic carboxylic acids is 1. The van der Waals surface area contributed by atoms with Gasteiger partial charge >= 0.3 is 5.97 Å². The quantitative estimate of drug-likeness (QED) is 0.792. The van der Waals surface area contributed by atoms with E-state index in [1.54, 1.807) is 20.8 Å².